The quantitative estimate of drug-likeness (QED) is 0.841. The molecule has 2 nitrogen and oxygen atoms in total. The van der Waals surface area contributed by atoms with E-state index >= 15 is 0 Å². The van der Waals surface area contributed by atoms with Gasteiger partial charge in [0.2, 0.25) is 0 Å². The third-order valence-electron chi connectivity index (χ3n) is 3.53. The summed E-state index contributed by atoms with van der Waals surface area (Å²) in [5.74, 6) is 0. The molecule has 1 aromatic carbocycles. The van der Waals surface area contributed by atoms with Crippen molar-refractivity contribution in [2.45, 2.75) is 18.9 Å². The van der Waals surface area contributed by atoms with Crippen molar-refractivity contribution < 1.29 is 0 Å². The lowest BCUT2D eigenvalue weighted by Gasteiger charge is -2.12. The first kappa shape index (κ1) is 11.6. The van der Waals surface area contributed by atoms with Gasteiger partial charge in [0.1, 0.15) is 0 Å². The molecule has 0 bridgehead atoms. The molecule has 2 aromatic rings. The van der Waals surface area contributed by atoms with Crippen molar-refractivity contribution in [3.63, 3.8) is 0 Å². The van der Waals surface area contributed by atoms with Crippen molar-refractivity contribution in [1.82, 2.24) is 9.88 Å². The monoisotopic (exact) mass is 312 g/mol. The number of hydrogen-bond donors (Lipinski definition) is 1. The van der Waals surface area contributed by atoms with Crippen LogP contribution in [0, 0.1) is 0 Å². The van der Waals surface area contributed by atoms with E-state index < -0.39 is 0 Å². The van der Waals surface area contributed by atoms with Crippen molar-refractivity contribution >= 4 is 38.4 Å². The van der Waals surface area contributed by atoms with E-state index in [0.717, 1.165) is 11.6 Å². The lowest BCUT2D eigenvalue weighted by Crippen LogP contribution is -2.16. The molecule has 90 valence electrons. The number of aromatic nitrogens is 1. The minimum absolute atomic E-state index is 0.459. The van der Waals surface area contributed by atoms with Crippen LogP contribution in [-0.4, -0.2) is 11.1 Å². The summed E-state index contributed by atoms with van der Waals surface area (Å²) in [6.45, 7) is 1.11. The second-order valence-corrected chi connectivity index (χ2v) is 5.80. The van der Waals surface area contributed by atoms with Gasteiger partial charge in [-0.15, -0.1) is 0 Å². The van der Waals surface area contributed by atoms with Crippen LogP contribution in [0.5, 0.6) is 0 Å². The number of nitrogens with one attached hydrogen (secondary N) is 1. The molecule has 0 amide bonds. The van der Waals surface area contributed by atoms with Crippen LogP contribution in [0.25, 0.3) is 10.9 Å². The zero-order valence-electron chi connectivity index (χ0n) is 9.63. The summed E-state index contributed by atoms with van der Waals surface area (Å²) >= 11 is 9.79. The number of hydrogen-bond acceptors (Lipinski definition) is 1. The Morgan fingerprint density at radius 1 is 1.47 bits per heavy atom. The summed E-state index contributed by atoms with van der Waals surface area (Å²) in [7, 11) is 2.12. The van der Waals surface area contributed by atoms with E-state index in [0.29, 0.717) is 6.04 Å². The third kappa shape index (κ3) is 1.81. The van der Waals surface area contributed by atoms with Crippen LogP contribution in [0.1, 0.15) is 24.6 Å². The molecule has 2 heterocycles. The highest BCUT2D eigenvalue weighted by Crippen LogP contribution is 2.37. The summed E-state index contributed by atoms with van der Waals surface area (Å²) in [6, 6.07) is 6.52. The maximum atomic E-state index is 6.07. The molecule has 0 aliphatic carbocycles. The molecule has 1 unspecified atom stereocenters. The minimum atomic E-state index is 0.459. The molecule has 1 saturated heterocycles. The molecular weight excluding hydrogens is 300 g/mol. The van der Waals surface area contributed by atoms with Crippen LogP contribution >= 0.6 is 27.5 Å². The Kier molecular flexibility index (Phi) is 2.93. The average molecular weight is 314 g/mol. The van der Waals surface area contributed by atoms with E-state index in [2.05, 4.69) is 38.9 Å². The molecule has 4 heteroatoms. The Labute approximate surface area is 114 Å². The molecular formula is C13H14BrClN2. The smallest absolute Gasteiger partial charge is 0.0499 e. The van der Waals surface area contributed by atoms with Crippen LogP contribution in [-0.2, 0) is 7.05 Å². The van der Waals surface area contributed by atoms with Crippen molar-refractivity contribution in [3.05, 3.63) is 33.4 Å². The number of nitrogens with zero attached hydrogens (tertiary/aromatic N) is 1. The van der Waals surface area contributed by atoms with Gasteiger partial charge in [0.15, 0.2) is 0 Å². The Hall–Kier alpha value is -0.510. The summed E-state index contributed by atoms with van der Waals surface area (Å²) in [5, 5.41) is 5.53. The topological polar surface area (TPSA) is 17.0 Å². The van der Waals surface area contributed by atoms with E-state index in [1.807, 2.05) is 12.1 Å². The third-order valence-corrected chi connectivity index (χ3v) is 4.60. The Morgan fingerprint density at radius 3 is 3.00 bits per heavy atom. The minimum Gasteiger partial charge on any atom is -0.345 e. The van der Waals surface area contributed by atoms with Gasteiger partial charge in [-0.25, -0.2) is 0 Å². The maximum absolute atomic E-state index is 6.07. The van der Waals surface area contributed by atoms with Gasteiger partial charge in [-0.2, -0.15) is 0 Å². The molecule has 1 aliphatic heterocycles. The summed E-state index contributed by atoms with van der Waals surface area (Å²) < 4.78 is 3.44. The van der Waals surface area contributed by atoms with Crippen molar-refractivity contribution in [1.29, 1.82) is 0 Å². The van der Waals surface area contributed by atoms with Crippen molar-refractivity contribution in [3.8, 4) is 0 Å². The second kappa shape index (κ2) is 4.30. The van der Waals surface area contributed by atoms with Crippen molar-refractivity contribution in [2.24, 2.45) is 7.05 Å². The first-order chi connectivity index (χ1) is 8.18. The molecule has 1 atom stereocenters. The van der Waals surface area contributed by atoms with Crippen LogP contribution in [0.15, 0.2) is 22.7 Å². The van der Waals surface area contributed by atoms with Gasteiger partial charge in [-0.3, -0.25) is 0 Å². The van der Waals surface area contributed by atoms with E-state index in [4.69, 9.17) is 11.6 Å². The molecule has 1 aliphatic rings. The lowest BCUT2D eigenvalue weighted by atomic mass is 10.1. The van der Waals surface area contributed by atoms with Gasteiger partial charge in [0.25, 0.3) is 0 Å². The largest absolute Gasteiger partial charge is 0.345 e. The highest BCUT2D eigenvalue weighted by atomic mass is 79.9. The molecule has 0 saturated carbocycles. The molecule has 3 rings (SSSR count). The Bertz CT molecular complexity index is 570. The van der Waals surface area contributed by atoms with Gasteiger partial charge in [0, 0.05) is 39.2 Å². The zero-order chi connectivity index (χ0) is 12.0. The van der Waals surface area contributed by atoms with Crippen LogP contribution in [0.3, 0.4) is 0 Å². The molecule has 17 heavy (non-hydrogen) atoms. The molecule has 0 radical (unpaired) electrons. The van der Waals surface area contributed by atoms with Gasteiger partial charge in [0.05, 0.1) is 0 Å². The summed E-state index contributed by atoms with van der Waals surface area (Å²) in [6.07, 6.45) is 2.45. The van der Waals surface area contributed by atoms with Gasteiger partial charge < -0.3 is 9.88 Å². The van der Waals surface area contributed by atoms with Gasteiger partial charge >= 0.3 is 0 Å². The number of rotatable bonds is 1. The highest BCUT2D eigenvalue weighted by molar-refractivity contribution is 9.10. The van der Waals surface area contributed by atoms with E-state index in [1.165, 1.54) is 33.9 Å². The number of aryl methyl sites for hydroxylation is 1. The van der Waals surface area contributed by atoms with E-state index in [9.17, 15) is 0 Å². The summed E-state index contributed by atoms with van der Waals surface area (Å²) in [4.78, 5) is 0. The van der Waals surface area contributed by atoms with E-state index in [1.54, 1.807) is 0 Å². The number of fused-ring (bicyclic) bond motifs is 1. The fraction of sp³-hybridized carbons (Fsp3) is 0.385. The number of benzene rings is 1. The van der Waals surface area contributed by atoms with Crippen molar-refractivity contribution in [2.75, 3.05) is 6.54 Å². The summed E-state index contributed by atoms with van der Waals surface area (Å²) in [5.41, 5.74) is 2.56. The maximum Gasteiger partial charge on any atom is 0.0499 e. The molecule has 0 spiro atoms. The lowest BCUT2D eigenvalue weighted by molar-refractivity contribution is 0.601. The fourth-order valence-electron chi connectivity index (χ4n) is 2.70. The zero-order valence-corrected chi connectivity index (χ0v) is 12.0. The molecule has 1 N–H and O–H groups in total. The fourth-order valence-corrected chi connectivity index (χ4v) is 3.73. The van der Waals surface area contributed by atoms with Crippen LogP contribution in [0.4, 0.5) is 0 Å². The Morgan fingerprint density at radius 2 is 2.29 bits per heavy atom. The van der Waals surface area contributed by atoms with Crippen LogP contribution in [0.2, 0.25) is 5.02 Å². The first-order valence-electron chi connectivity index (χ1n) is 5.85. The second-order valence-electron chi connectivity index (χ2n) is 4.57. The highest BCUT2D eigenvalue weighted by Gasteiger charge is 2.24. The predicted molar refractivity (Wildman–Crippen MR) is 75.6 cm³/mol. The SMILES string of the molecule is Cn1c(C2CCCN2)c(Br)c2cc(Cl)ccc21. The van der Waals surface area contributed by atoms with Gasteiger partial charge in [-0.05, 0) is 53.5 Å². The average Bonchev–Trinajstić information content (AvgIpc) is 2.88. The molecule has 1 fully saturated rings. The number of halogens is 2. The van der Waals surface area contributed by atoms with E-state index in [-0.39, 0.29) is 0 Å². The van der Waals surface area contributed by atoms with Gasteiger partial charge in [-0.1, -0.05) is 11.6 Å². The predicted octanol–water partition coefficient (Wildman–Crippen LogP) is 4.02. The standard InChI is InChI=1S/C13H14BrClN2/c1-17-11-5-4-8(15)7-9(11)12(14)13(17)10-3-2-6-16-10/h4-5,7,10,16H,2-3,6H2,1H3. The Balaban J connectivity index is 2.24. The normalized spacial score (nSPS) is 20.3. The first-order valence-corrected chi connectivity index (χ1v) is 7.02. The molecule has 1 aromatic heterocycles. The van der Waals surface area contributed by atoms with Crippen LogP contribution < -0.4 is 5.32 Å².